The van der Waals surface area contributed by atoms with Crippen molar-refractivity contribution in [1.29, 1.82) is 0 Å². The summed E-state index contributed by atoms with van der Waals surface area (Å²) in [7, 11) is 0. The van der Waals surface area contributed by atoms with Crippen molar-refractivity contribution in [2.75, 3.05) is 0 Å². The molecule has 0 aromatic heterocycles. The zero-order chi connectivity index (χ0) is 10.3. The van der Waals surface area contributed by atoms with E-state index in [9.17, 15) is 0 Å². The number of hydrogen-bond acceptors (Lipinski definition) is 0. The van der Waals surface area contributed by atoms with E-state index < -0.39 is 0 Å². The third-order valence-corrected chi connectivity index (χ3v) is 1.74. The number of allylic oxidation sites excluding steroid dienone is 7. The second-order valence-electron chi connectivity index (χ2n) is 3.49. The van der Waals surface area contributed by atoms with Crippen LogP contribution in [0.5, 0.6) is 0 Å². The molecule has 0 amide bonds. The Labute approximate surface area is 82.4 Å². The number of rotatable bonds is 4. The van der Waals surface area contributed by atoms with Gasteiger partial charge in [0.2, 0.25) is 0 Å². The molecule has 0 aliphatic heterocycles. The van der Waals surface area contributed by atoms with Crippen molar-refractivity contribution in [2.24, 2.45) is 0 Å². The molecule has 0 nitrogen and oxygen atoms in total. The molecule has 0 saturated heterocycles. The summed E-state index contributed by atoms with van der Waals surface area (Å²) in [4.78, 5) is 0. The molecule has 0 aliphatic carbocycles. The molecule has 0 saturated carbocycles. The van der Waals surface area contributed by atoms with Gasteiger partial charge in [-0.2, -0.15) is 0 Å². The van der Waals surface area contributed by atoms with Gasteiger partial charge >= 0.3 is 0 Å². The first-order valence-corrected chi connectivity index (χ1v) is 4.69. The van der Waals surface area contributed by atoms with Gasteiger partial charge in [0, 0.05) is 0 Å². The van der Waals surface area contributed by atoms with Gasteiger partial charge in [0.05, 0.1) is 0 Å². The fraction of sp³-hybridized carbons (Fsp3) is 0.385. The molecule has 0 spiro atoms. The van der Waals surface area contributed by atoms with Crippen molar-refractivity contribution < 1.29 is 0 Å². The summed E-state index contributed by atoms with van der Waals surface area (Å²) >= 11 is 0. The highest BCUT2D eigenvalue weighted by molar-refractivity contribution is 5.32. The lowest BCUT2D eigenvalue weighted by molar-refractivity contribution is 1.21. The molecule has 0 heterocycles. The first-order valence-electron chi connectivity index (χ1n) is 4.69. The maximum atomic E-state index is 3.95. The van der Waals surface area contributed by atoms with Crippen molar-refractivity contribution in [3.8, 4) is 0 Å². The lowest BCUT2D eigenvalue weighted by atomic mass is 10.0. The topological polar surface area (TPSA) is 0 Å². The molecule has 72 valence electrons. The molecular formula is C13H20. The predicted octanol–water partition coefficient (Wildman–Crippen LogP) is 4.42. The lowest BCUT2D eigenvalue weighted by Gasteiger charge is -2.01. The molecule has 0 aromatic rings. The minimum atomic E-state index is 0.982. The Hall–Kier alpha value is -1.04. The summed E-state index contributed by atoms with van der Waals surface area (Å²) in [5, 5.41) is 0. The largest absolute Gasteiger partial charge is 0.0958 e. The summed E-state index contributed by atoms with van der Waals surface area (Å²) < 4.78 is 0. The zero-order valence-electron chi connectivity index (χ0n) is 9.22. The van der Waals surface area contributed by atoms with E-state index in [2.05, 4.69) is 44.7 Å². The van der Waals surface area contributed by atoms with Crippen molar-refractivity contribution >= 4 is 0 Å². The van der Waals surface area contributed by atoms with E-state index >= 15 is 0 Å². The van der Waals surface area contributed by atoms with Crippen molar-refractivity contribution in [3.63, 3.8) is 0 Å². The van der Waals surface area contributed by atoms with E-state index in [0.717, 1.165) is 12.0 Å². The second kappa shape index (κ2) is 6.47. The highest BCUT2D eigenvalue weighted by Gasteiger charge is 1.92. The molecule has 0 atom stereocenters. The van der Waals surface area contributed by atoms with Crippen molar-refractivity contribution in [3.05, 3.63) is 47.6 Å². The summed E-state index contributed by atoms with van der Waals surface area (Å²) in [6, 6.07) is 0. The Morgan fingerprint density at radius 3 is 2.15 bits per heavy atom. The van der Waals surface area contributed by atoms with Gasteiger partial charge in [-0.3, -0.25) is 0 Å². The van der Waals surface area contributed by atoms with Crippen LogP contribution in [-0.2, 0) is 0 Å². The predicted molar refractivity (Wildman–Crippen MR) is 61.8 cm³/mol. The maximum absolute atomic E-state index is 3.95. The molecule has 13 heavy (non-hydrogen) atoms. The van der Waals surface area contributed by atoms with Gasteiger partial charge in [-0.1, -0.05) is 42.0 Å². The molecule has 0 unspecified atom stereocenters. The standard InChI is InChI=1S/C13H20/c1-6-7-8-13(12(4)5)10-9-11(2)3/h6-7,9-10H,4,8H2,1-3,5H3/b7-6-,13-10-. The Balaban J connectivity index is 4.51. The van der Waals surface area contributed by atoms with Crippen LogP contribution in [-0.4, -0.2) is 0 Å². The lowest BCUT2D eigenvalue weighted by Crippen LogP contribution is -1.81. The third kappa shape index (κ3) is 6.15. The normalized spacial score (nSPS) is 11.8. The molecule has 0 heteroatoms. The van der Waals surface area contributed by atoms with Crippen LogP contribution in [0.3, 0.4) is 0 Å². The van der Waals surface area contributed by atoms with E-state index in [4.69, 9.17) is 0 Å². The minimum absolute atomic E-state index is 0.982. The van der Waals surface area contributed by atoms with Gasteiger partial charge in [0.15, 0.2) is 0 Å². The van der Waals surface area contributed by atoms with Crippen molar-refractivity contribution in [1.82, 2.24) is 0 Å². The maximum Gasteiger partial charge on any atom is -0.00951 e. The van der Waals surface area contributed by atoms with Crippen LogP contribution in [0.2, 0.25) is 0 Å². The van der Waals surface area contributed by atoms with E-state index in [0.29, 0.717) is 0 Å². The van der Waals surface area contributed by atoms with Crippen molar-refractivity contribution in [2.45, 2.75) is 34.1 Å². The van der Waals surface area contributed by atoms with Gasteiger partial charge in [-0.05, 0) is 39.7 Å². The summed E-state index contributed by atoms with van der Waals surface area (Å²) in [5.41, 5.74) is 3.77. The molecule has 0 aromatic carbocycles. The summed E-state index contributed by atoms with van der Waals surface area (Å²) in [6.45, 7) is 12.2. The quantitative estimate of drug-likeness (QED) is 0.439. The fourth-order valence-corrected chi connectivity index (χ4v) is 0.897. The molecule has 0 aliphatic rings. The van der Waals surface area contributed by atoms with Crippen LogP contribution in [0.4, 0.5) is 0 Å². The number of hydrogen-bond donors (Lipinski definition) is 0. The van der Waals surface area contributed by atoms with Gasteiger partial charge < -0.3 is 0 Å². The van der Waals surface area contributed by atoms with Gasteiger partial charge in [-0.15, -0.1) is 0 Å². The Kier molecular flexibility index (Phi) is 5.96. The Bertz CT molecular complexity index is 245. The van der Waals surface area contributed by atoms with E-state index in [1.54, 1.807) is 0 Å². The first kappa shape index (κ1) is 12.0. The third-order valence-electron chi connectivity index (χ3n) is 1.74. The average molecular weight is 176 g/mol. The average Bonchev–Trinajstić information content (AvgIpc) is 2.03. The van der Waals surface area contributed by atoms with Crippen LogP contribution < -0.4 is 0 Å². The Morgan fingerprint density at radius 1 is 1.15 bits per heavy atom. The summed E-state index contributed by atoms with van der Waals surface area (Å²) in [6.07, 6.45) is 9.49. The molecular weight excluding hydrogens is 156 g/mol. The monoisotopic (exact) mass is 176 g/mol. The second-order valence-corrected chi connectivity index (χ2v) is 3.49. The smallest absolute Gasteiger partial charge is 0.00951 e. The minimum Gasteiger partial charge on any atom is -0.0958 e. The molecule has 0 N–H and O–H groups in total. The van der Waals surface area contributed by atoms with E-state index in [1.807, 2.05) is 13.8 Å². The highest BCUT2D eigenvalue weighted by Crippen LogP contribution is 2.12. The first-order chi connectivity index (χ1) is 6.07. The highest BCUT2D eigenvalue weighted by atomic mass is 14.0. The summed E-state index contributed by atoms with van der Waals surface area (Å²) in [5.74, 6) is 0. The van der Waals surface area contributed by atoms with Crippen LogP contribution in [0, 0.1) is 0 Å². The Morgan fingerprint density at radius 2 is 1.77 bits per heavy atom. The molecule has 0 rings (SSSR count). The molecule has 0 fully saturated rings. The zero-order valence-corrected chi connectivity index (χ0v) is 9.22. The van der Waals surface area contributed by atoms with Gasteiger partial charge in [0.1, 0.15) is 0 Å². The van der Waals surface area contributed by atoms with Crippen LogP contribution in [0.1, 0.15) is 34.1 Å². The van der Waals surface area contributed by atoms with Crippen LogP contribution in [0.25, 0.3) is 0 Å². The van der Waals surface area contributed by atoms with Crippen LogP contribution >= 0.6 is 0 Å². The molecule has 0 radical (unpaired) electrons. The SMILES string of the molecule is C=C(C)/C(=C\C=C(C)C)C/C=C\C. The van der Waals surface area contributed by atoms with E-state index in [-0.39, 0.29) is 0 Å². The van der Waals surface area contributed by atoms with Crippen LogP contribution in [0.15, 0.2) is 47.6 Å². The molecule has 0 bridgehead atoms. The van der Waals surface area contributed by atoms with E-state index in [1.165, 1.54) is 11.1 Å². The van der Waals surface area contributed by atoms with Gasteiger partial charge in [-0.25, -0.2) is 0 Å². The fourth-order valence-electron chi connectivity index (χ4n) is 0.897. The van der Waals surface area contributed by atoms with Gasteiger partial charge in [0.25, 0.3) is 0 Å².